The molecule has 0 bridgehead atoms. The topological polar surface area (TPSA) is 51.8 Å². The lowest BCUT2D eigenvalue weighted by molar-refractivity contribution is 0.238. The smallest absolute Gasteiger partial charge is 0.113 e. The van der Waals surface area contributed by atoms with E-state index in [1.807, 2.05) is 11.7 Å². The van der Waals surface area contributed by atoms with Crippen LogP contribution in [0.3, 0.4) is 0 Å². The third-order valence-corrected chi connectivity index (χ3v) is 5.51. The van der Waals surface area contributed by atoms with Crippen molar-refractivity contribution < 1.29 is 0 Å². The van der Waals surface area contributed by atoms with E-state index in [0.717, 1.165) is 28.4 Å². The van der Waals surface area contributed by atoms with Gasteiger partial charge in [-0.1, -0.05) is 19.8 Å². The van der Waals surface area contributed by atoms with E-state index in [2.05, 4.69) is 17.3 Å². The molecule has 0 spiro atoms. The van der Waals surface area contributed by atoms with Crippen molar-refractivity contribution in [2.45, 2.75) is 38.1 Å². The molecule has 2 unspecified atom stereocenters. The molecule has 96 valence electrons. The first-order valence-corrected chi connectivity index (χ1v) is 8.07. The van der Waals surface area contributed by atoms with Gasteiger partial charge in [-0.25, -0.2) is 4.98 Å². The van der Waals surface area contributed by atoms with E-state index in [9.17, 15) is 0 Å². The SMILES string of the molecule is CC1CCCC(N)(c2nc(-c3cncs3)cs2)C1. The van der Waals surface area contributed by atoms with Gasteiger partial charge in [0.05, 0.1) is 21.6 Å². The van der Waals surface area contributed by atoms with Crippen molar-refractivity contribution in [3.8, 4) is 10.6 Å². The molecule has 0 aromatic carbocycles. The molecule has 0 saturated heterocycles. The third-order valence-electron chi connectivity index (χ3n) is 3.65. The Labute approximate surface area is 115 Å². The van der Waals surface area contributed by atoms with Gasteiger partial charge in [0.1, 0.15) is 5.01 Å². The van der Waals surface area contributed by atoms with Crippen LogP contribution >= 0.6 is 22.7 Å². The van der Waals surface area contributed by atoms with Crippen LogP contribution in [0.15, 0.2) is 17.1 Å². The second-order valence-electron chi connectivity index (χ2n) is 5.26. The van der Waals surface area contributed by atoms with Gasteiger partial charge in [0.25, 0.3) is 0 Å². The minimum atomic E-state index is -0.203. The average Bonchev–Trinajstić information content (AvgIpc) is 3.00. The number of aromatic nitrogens is 2. The second-order valence-corrected chi connectivity index (χ2v) is 7.01. The lowest BCUT2D eigenvalue weighted by atomic mass is 9.77. The Hall–Kier alpha value is -0.780. The zero-order valence-corrected chi connectivity index (χ0v) is 12.1. The summed E-state index contributed by atoms with van der Waals surface area (Å²) in [6, 6.07) is 0. The fourth-order valence-electron chi connectivity index (χ4n) is 2.74. The molecule has 2 heterocycles. The van der Waals surface area contributed by atoms with Crippen molar-refractivity contribution in [2.75, 3.05) is 0 Å². The monoisotopic (exact) mass is 279 g/mol. The van der Waals surface area contributed by atoms with Crippen molar-refractivity contribution in [1.29, 1.82) is 0 Å². The van der Waals surface area contributed by atoms with Crippen LogP contribution < -0.4 is 5.73 Å². The van der Waals surface area contributed by atoms with E-state index >= 15 is 0 Å². The summed E-state index contributed by atoms with van der Waals surface area (Å²) in [7, 11) is 0. The molecular weight excluding hydrogens is 262 g/mol. The summed E-state index contributed by atoms with van der Waals surface area (Å²) < 4.78 is 0. The van der Waals surface area contributed by atoms with Crippen molar-refractivity contribution in [3.63, 3.8) is 0 Å². The number of rotatable bonds is 2. The highest BCUT2D eigenvalue weighted by atomic mass is 32.1. The summed E-state index contributed by atoms with van der Waals surface area (Å²) in [5.74, 6) is 0.708. The summed E-state index contributed by atoms with van der Waals surface area (Å²) in [6.45, 7) is 2.29. The second kappa shape index (κ2) is 4.72. The fraction of sp³-hybridized carbons (Fsp3) is 0.538. The Bertz CT molecular complexity index is 520. The number of hydrogen-bond acceptors (Lipinski definition) is 5. The summed E-state index contributed by atoms with van der Waals surface area (Å²) in [5, 5.41) is 3.20. The highest BCUT2D eigenvalue weighted by Gasteiger charge is 2.35. The number of nitrogens with two attached hydrogens (primary N) is 1. The Morgan fingerprint density at radius 1 is 1.44 bits per heavy atom. The van der Waals surface area contributed by atoms with Gasteiger partial charge in [0.15, 0.2) is 0 Å². The lowest BCUT2D eigenvalue weighted by Gasteiger charge is -2.35. The Balaban J connectivity index is 1.88. The van der Waals surface area contributed by atoms with Crippen LogP contribution in [0.5, 0.6) is 0 Å². The van der Waals surface area contributed by atoms with Gasteiger partial charge in [0.2, 0.25) is 0 Å². The Morgan fingerprint density at radius 2 is 2.33 bits per heavy atom. The Kier molecular flexibility index (Phi) is 3.21. The van der Waals surface area contributed by atoms with Crippen molar-refractivity contribution in [2.24, 2.45) is 11.7 Å². The molecule has 0 radical (unpaired) electrons. The molecule has 1 aliphatic rings. The van der Waals surface area contributed by atoms with Gasteiger partial charge in [0, 0.05) is 11.6 Å². The summed E-state index contributed by atoms with van der Waals surface area (Å²) in [6.07, 6.45) is 6.50. The fourth-order valence-corrected chi connectivity index (χ4v) is 4.38. The molecule has 0 aliphatic heterocycles. The molecular formula is C13H17N3S2. The van der Waals surface area contributed by atoms with Crippen molar-refractivity contribution in [3.05, 3.63) is 22.1 Å². The molecule has 5 heteroatoms. The van der Waals surface area contributed by atoms with Crippen LogP contribution in [-0.2, 0) is 5.54 Å². The van der Waals surface area contributed by atoms with Crippen LogP contribution in [0.2, 0.25) is 0 Å². The van der Waals surface area contributed by atoms with Crippen LogP contribution in [0, 0.1) is 5.92 Å². The highest BCUT2D eigenvalue weighted by molar-refractivity contribution is 7.14. The number of hydrogen-bond donors (Lipinski definition) is 1. The van der Waals surface area contributed by atoms with E-state index in [1.165, 1.54) is 12.8 Å². The normalized spacial score (nSPS) is 28.4. The van der Waals surface area contributed by atoms with Gasteiger partial charge < -0.3 is 5.73 Å². The molecule has 1 saturated carbocycles. The Morgan fingerprint density at radius 3 is 3.06 bits per heavy atom. The zero-order valence-electron chi connectivity index (χ0n) is 10.4. The van der Waals surface area contributed by atoms with Crippen LogP contribution in [0.1, 0.15) is 37.6 Å². The van der Waals surface area contributed by atoms with Crippen LogP contribution in [0.4, 0.5) is 0 Å². The van der Waals surface area contributed by atoms with Gasteiger partial charge in [-0.15, -0.1) is 22.7 Å². The minimum absolute atomic E-state index is 0.203. The first kappa shape index (κ1) is 12.3. The summed E-state index contributed by atoms with van der Waals surface area (Å²) >= 11 is 3.33. The standard InChI is InChI=1S/C13H17N3S2/c1-9-3-2-4-13(14,5-9)12-16-10(7-17-12)11-6-15-8-18-11/h6-9H,2-5,14H2,1H3. The predicted octanol–water partition coefficient (Wildman–Crippen LogP) is 3.63. The molecule has 1 fully saturated rings. The maximum Gasteiger partial charge on any atom is 0.113 e. The molecule has 2 aromatic heterocycles. The van der Waals surface area contributed by atoms with E-state index in [4.69, 9.17) is 10.7 Å². The molecule has 2 aromatic rings. The van der Waals surface area contributed by atoms with Crippen molar-refractivity contribution >= 4 is 22.7 Å². The zero-order chi connectivity index (χ0) is 12.6. The maximum atomic E-state index is 6.57. The highest BCUT2D eigenvalue weighted by Crippen LogP contribution is 2.40. The maximum absolute atomic E-state index is 6.57. The van der Waals surface area contributed by atoms with Gasteiger partial charge in [-0.05, 0) is 18.8 Å². The molecule has 3 nitrogen and oxygen atoms in total. The molecule has 0 amide bonds. The molecule has 18 heavy (non-hydrogen) atoms. The van der Waals surface area contributed by atoms with E-state index < -0.39 is 0 Å². The molecule has 2 atom stereocenters. The van der Waals surface area contributed by atoms with Crippen LogP contribution in [0.25, 0.3) is 10.6 Å². The van der Waals surface area contributed by atoms with E-state index in [-0.39, 0.29) is 5.54 Å². The summed E-state index contributed by atoms with van der Waals surface area (Å²) in [5.41, 5.74) is 9.24. The third kappa shape index (κ3) is 2.22. The minimum Gasteiger partial charge on any atom is -0.319 e. The van der Waals surface area contributed by atoms with Gasteiger partial charge >= 0.3 is 0 Å². The first-order valence-electron chi connectivity index (χ1n) is 6.31. The molecule has 2 N–H and O–H groups in total. The largest absolute Gasteiger partial charge is 0.319 e. The number of thiazole rings is 2. The van der Waals surface area contributed by atoms with Crippen molar-refractivity contribution in [1.82, 2.24) is 9.97 Å². The lowest BCUT2D eigenvalue weighted by Crippen LogP contribution is -2.40. The van der Waals surface area contributed by atoms with Gasteiger partial charge in [-0.2, -0.15) is 0 Å². The van der Waals surface area contributed by atoms with E-state index in [1.54, 1.807) is 22.7 Å². The van der Waals surface area contributed by atoms with Gasteiger partial charge in [-0.3, -0.25) is 4.98 Å². The summed E-state index contributed by atoms with van der Waals surface area (Å²) in [4.78, 5) is 9.98. The predicted molar refractivity (Wildman–Crippen MR) is 76.7 cm³/mol. The molecule has 3 rings (SSSR count). The quantitative estimate of drug-likeness (QED) is 0.913. The van der Waals surface area contributed by atoms with E-state index in [0.29, 0.717) is 5.92 Å². The first-order chi connectivity index (χ1) is 8.67. The van der Waals surface area contributed by atoms with Crippen LogP contribution in [-0.4, -0.2) is 9.97 Å². The number of nitrogens with zero attached hydrogens (tertiary/aromatic N) is 2. The average molecular weight is 279 g/mol. The molecule has 1 aliphatic carbocycles.